The first-order chi connectivity index (χ1) is 8.13. The zero-order valence-electron chi connectivity index (χ0n) is 9.53. The highest BCUT2D eigenvalue weighted by molar-refractivity contribution is 5.34. The second-order valence-electron chi connectivity index (χ2n) is 4.16. The van der Waals surface area contributed by atoms with Gasteiger partial charge in [-0.05, 0) is 25.8 Å². The number of halogens is 3. The Morgan fingerprint density at radius 2 is 2.12 bits per heavy atom. The maximum Gasteiger partial charge on any atom is 0.171 e. The minimum absolute atomic E-state index is 0.00510. The van der Waals surface area contributed by atoms with Crippen LogP contribution in [0.3, 0.4) is 0 Å². The molecular formula is C12H14F3NO. The quantitative estimate of drug-likeness (QED) is 0.826. The van der Waals surface area contributed by atoms with E-state index >= 15 is 0 Å². The van der Waals surface area contributed by atoms with Gasteiger partial charge in [0.25, 0.3) is 0 Å². The molecule has 1 aliphatic heterocycles. The SMILES string of the molecule is COc1cc(F)c(F)c(CC2CCCN2)c1F. The Bertz CT molecular complexity index is 417. The molecule has 0 saturated carbocycles. The van der Waals surface area contributed by atoms with E-state index in [1.165, 1.54) is 7.11 Å². The standard InChI is InChI=1S/C12H14F3NO/c1-17-10-6-9(13)11(14)8(12(10)15)5-7-3-2-4-16-7/h6-7,16H,2-5H2,1H3. The molecule has 17 heavy (non-hydrogen) atoms. The maximum absolute atomic E-state index is 13.8. The summed E-state index contributed by atoms with van der Waals surface area (Å²) in [5.74, 6) is -3.25. The highest BCUT2D eigenvalue weighted by atomic mass is 19.2. The van der Waals surface area contributed by atoms with E-state index in [2.05, 4.69) is 10.1 Å². The normalized spacial score (nSPS) is 19.6. The van der Waals surface area contributed by atoms with Crippen molar-refractivity contribution in [3.05, 3.63) is 29.1 Å². The number of benzene rings is 1. The molecule has 1 aromatic rings. The summed E-state index contributed by atoms with van der Waals surface area (Å²) in [4.78, 5) is 0. The van der Waals surface area contributed by atoms with Gasteiger partial charge in [0.1, 0.15) is 0 Å². The topological polar surface area (TPSA) is 21.3 Å². The molecular weight excluding hydrogens is 231 g/mol. The molecule has 1 saturated heterocycles. The molecule has 1 unspecified atom stereocenters. The third-order valence-electron chi connectivity index (χ3n) is 3.05. The number of ether oxygens (including phenoxy) is 1. The second-order valence-corrected chi connectivity index (χ2v) is 4.16. The summed E-state index contributed by atoms with van der Waals surface area (Å²) in [6.45, 7) is 0.834. The van der Waals surface area contributed by atoms with Gasteiger partial charge in [-0.3, -0.25) is 0 Å². The minimum atomic E-state index is -1.11. The first-order valence-corrected chi connectivity index (χ1v) is 5.57. The van der Waals surface area contributed by atoms with Gasteiger partial charge in [-0.15, -0.1) is 0 Å². The number of hydrogen-bond acceptors (Lipinski definition) is 2. The van der Waals surface area contributed by atoms with E-state index in [1.807, 2.05) is 0 Å². The van der Waals surface area contributed by atoms with Crippen LogP contribution in [-0.2, 0) is 6.42 Å². The lowest BCUT2D eigenvalue weighted by Gasteiger charge is -2.14. The molecule has 0 aliphatic carbocycles. The van der Waals surface area contributed by atoms with Crippen molar-refractivity contribution >= 4 is 0 Å². The van der Waals surface area contributed by atoms with Gasteiger partial charge in [0.05, 0.1) is 7.11 Å². The molecule has 0 amide bonds. The van der Waals surface area contributed by atoms with Crippen LogP contribution in [-0.4, -0.2) is 19.7 Å². The van der Waals surface area contributed by atoms with E-state index < -0.39 is 17.5 Å². The van der Waals surface area contributed by atoms with Crippen molar-refractivity contribution in [1.82, 2.24) is 5.32 Å². The largest absolute Gasteiger partial charge is 0.494 e. The average Bonchev–Trinajstić information content (AvgIpc) is 2.82. The summed E-state index contributed by atoms with van der Waals surface area (Å²) >= 11 is 0. The Balaban J connectivity index is 2.33. The Kier molecular flexibility index (Phi) is 3.57. The Hall–Kier alpha value is -1.23. The van der Waals surface area contributed by atoms with Crippen LogP contribution in [0, 0.1) is 17.5 Å². The molecule has 1 N–H and O–H groups in total. The van der Waals surface area contributed by atoms with E-state index in [0.29, 0.717) is 0 Å². The van der Waals surface area contributed by atoms with Crippen LogP contribution in [0.15, 0.2) is 6.07 Å². The molecule has 1 atom stereocenters. The van der Waals surface area contributed by atoms with Crippen molar-refractivity contribution in [2.24, 2.45) is 0 Å². The number of methoxy groups -OCH3 is 1. The van der Waals surface area contributed by atoms with Gasteiger partial charge in [-0.2, -0.15) is 0 Å². The molecule has 94 valence electrons. The average molecular weight is 245 g/mol. The molecule has 2 nitrogen and oxygen atoms in total. The van der Waals surface area contributed by atoms with E-state index in [0.717, 1.165) is 25.5 Å². The molecule has 1 aliphatic rings. The fraction of sp³-hybridized carbons (Fsp3) is 0.500. The van der Waals surface area contributed by atoms with Crippen molar-refractivity contribution in [2.75, 3.05) is 13.7 Å². The van der Waals surface area contributed by atoms with Crippen LogP contribution in [0.5, 0.6) is 5.75 Å². The lowest BCUT2D eigenvalue weighted by molar-refractivity contribution is 0.369. The van der Waals surface area contributed by atoms with Gasteiger partial charge >= 0.3 is 0 Å². The number of hydrogen-bond donors (Lipinski definition) is 1. The predicted octanol–water partition coefficient (Wildman–Crippen LogP) is 2.41. The molecule has 0 radical (unpaired) electrons. The van der Waals surface area contributed by atoms with Gasteiger partial charge in [-0.1, -0.05) is 0 Å². The first-order valence-electron chi connectivity index (χ1n) is 5.57. The van der Waals surface area contributed by atoms with Gasteiger partial charge in [0, 0.05) is 17.7 Å². The summed E-state index contributed by atoms with van der Waals surface area (Å²) in [7, 11) is 1.23. The first kappa shape index (κ1) is 12.2. The Morgan fingerprint density at radius 1 is 1.35 bits per heavy atom. The smallest absolute Gasteiger partial charge is 0.171 e. The molecule has 1 aromatic carbocycles. The summed E-state index contributed by atoms with van der Waals surface area (Å²) in [5.41, 5.74) is -0.235. The van der Waals surface area contributed by atoms with Crippen molar-refractivity contribution < 1.29 is 17.9 Å². The van der Waals surface area contributed by atoms with E-state index in [4.69, 9.17) is 0 Å². The van der Waals surface area contributed by atoms with E-state index in [-0.39, 0.29) is 23.8 Å². The zero-order chi connectivity index (χ0) is 12.4. The summed E-state index contributed by atoms with van der Waals surface area (Å²) in [5, 5.41) is 3.12. The van der Waals surface area contributed by atoms with Crippen LogP contribution in [0.2, 0.25) is 0 Å². The zero-order valence-corrected chi connectivity index (χ0v) is 9.53. The third kappa shape index (κ3) is 2.39. The van der Waals surface area contributed by atoms with Crippen molar-refractivity contribution in [2.45, 2.75) is 25.3 Å². The lowest BCUT2D eigenvalue weighted by Crippen LogP contribution is -2.25. The van der Waals surface area contributed by atoms with Crippen LogP contribution in [0.25, 0.3) is 0 Å². The highest BCUT2D eigenvalue weighted by Crippen LogP contribution is 2.27. The fourth-order valence-corrected chi connectivity index (χ4v) is 2.14. The molecule has 2 rings (SSSR count). The Labute approximate surface area is 97.8 Å². The van der Waals surface area contributed by atoms with Gasteiger partial charge < -0.3 is 10.1 Å². The number of nitrogens with one attached hydrogen (secondary N) is 1. The van der Waals surface area contributed by atoms with Gasteiger partial charge in [-0.25, -0.2) is 13.2 Å². The van der Waals surface area contributed by atoms with Crippen molar-refractivity contribution in [3.63, 3.8) is 0 Å². The van der Waals surface area contributed by atoms with Crippen LogP contribution < -0.4 is 10.1 Å². The lowest BCUT2D eigenvalue weighted by atomic mass is 10.0. The second kappa shape index (κ2) is 4.96. The number of rotatable bonds is 3. The van der Waals surface area contributed by atoms with Crippen molar-refractivity contribution in [1.29, 1.82) is 0 Å². The van der Waals surface area contributed by atoms with E-state index in [9.17, 15) is 13.2 Å². The van der Waals surface area contributed by atoms with Gasteiger partial charge in [0.15, 0.2) is 23.2 Å². The molecule has 0 spiro atoms. The monoisotopic (exact) mass is 245 g/mol. The predicted molar refractivity (Wildman–Crippen MR) is 57.6 cm³/mol. The molecule has 1 fully saturated rings. The van der Waals surface area contributed by atoms with Crippen LogP contribution in [0.4, 0.5) is 13.2 Å². The molecule has 1 heterocycles. The summed E-state index contributed by atoms with van der Waals surface area (Å²) in [6.07, 6.45) is 1.96. The van der Waals surface area contributed by atoms with Crippen LogP contribution >= 0.6 is 0 Å². The molecule has 0 bridgehead atoms. The fourth-order valence-electron chi connectivity index (χ4n) is 2.14. The highest BCUT2D eigenvalue weighted by Gasteiger charge is 2.23. The van der Waals surface area contributed by atoms with Gasteiger partial charge in [0.2, 0.25) is 0 Å². The molecule has 0 aromatic heterocycles. The minimum Gasteiger partial charge on any atom is -0.494 e. The Morgan fingerprint density at radius 3 is 2.71 bits per heavy atom. The van der Waals surface area contributed by atoms with E-state index in [1.54, 1.807) is 0 Å². The molecule has 5 heteroatoms. The van der Waals surface area contributed by atoms with Crippen molar-refractivity contribution in [3.8, 4) is 5.75 Å². The maximum atomic E-state index is 13.8. The summed E-state index contributed by atoms with van der Waals surface area (Å²) in [6, 6.07) is 0.737. The summed E-state index contributed by atoms with van der Waals surface area (Å²) < 4.78 is 45.3. The van der Waals surface area contributed by atoms with Crippen LogP contribution in [0.1, 0.15) is 18.4 Å². The third-order valence-corrected chi connectivity index (χ3v) is 3.05.